The number of anilines is 1. The minimum atomic E-state index is -1.46. The Morgan fingerprint density at radius 3 is 1.84 bits per heavy atom. The number of carboxylic acid groups (broad SMARTS) is 3. The van der Waals surface area contributed by atoms with Gasteiger partial charge in [0.1, 0.15) is 28.7 Å². The van der Waals surface area contributed by atoms with Crippen molar-refractivity contribution in [3.8, 4) is 17.2 Å². The van der Waals surface area contributed by atoms with Crippen molar-refractivity contribution in [2.75, 3.05) is 24.6 Å². The van der Waals surface area contributed by atoms with Crippen molar-refractivity contribution in [2.24, 2.45) is 11.8 Å². The number of amides is 1. The van der Waals surface area contributed by atoms with Crippen LogP contribution >= 0.6 is 0 Å². The third-order valence-corrected chi connectivity index (χ3v) is 12.6. The van der Waals surface area contributed by atoms with Crippen LogP contribution in [0.4, 0.5) is 22.7 Å². The first-order valence-corrected chi connectivity index (χ1v) is 19.5. The Labute approximate surface area is 359 Å². The predicted molar refractivity (Wildman–Crippen MR) is 215 cm³/mol. The van der Waals surface area contributed by atoms with Crippen molar-refractivity contribution in [3.05, 3.63) is 143 Å². The number of aromatic hydroxyl groups is 2. The molecular weight excluding hydrogens is 846 g/mol. The number of nitrogens with zero attached hydrogens (tertiary/aromatic N) is 4. The molecule has 64 heavy (non-hydrogen) atoms. The Morgan fingerprint density at radius 1 is 0.766 bits per heavy atom. The van der Waals surface area contributed by atoms with E-state index in [4.69, 9.17) is 30.3 Å². The normalized spacial score (nSPS) is 24.6. The van der Waals surface area contributed by atoms with E-state index in [9.17, 15) is 54.6 Å². The van der Waals surface area contributed by atoms with Gasteiger partial charge in [0.15, 0.2) is 0 Å². The highest BCUT2D eigenvalue weighted by Crippen LogP contribution is 2.62. The summed E-state index contributed by atoms with van der Waals surface area (Å²) in [5, 5.41) is 84.9. The van der Waals surface area contributed by atoms with E-state index in [0.717, 1.165) is 54.6 Å². The van der Waals surface area contributed by atoms with Crippen LogP contribution in [0.25, 0.3) is 0 Å². The van der Waals surface area contributed by atoms with E-state index in [2.05, 4.69) is 35.2 Å². The third kappa shape index (κ3) is 7.75. The van der Waals surface area contributed by atoms with Gasteiger partial charge in [-0.05, 0) is 35.3 Å². The molecule has 22 nitrogen and oxygen atoms in total. The lowest BCUT2D eigenvalue weighted by Gasteiger charge is -2.56. The Kier molecular flexibility index (Phi) is 11.8. The lowest BCUT2D eigenvalue weighted by atomic mass is 9.53. The molecule has 5 aliphatic heterocycles. The Balaban J connectivity index is 0.000000136. The van der Waals surface area contributed by atoms with Gasteiger partial charge in [-0.3, -0.25) is 35.1 Å². The van der Waals surface area contributed by atoms with E-state index in [1.807, 2.05) is 0 Å². The lowest BCUT2D eigenvalue weighted by Crippen LogP contribution is -3.16. The fourth-order valence-electron chi connectivity index (χ4n) is 10.1. The van der Waals surface area contributed by atoms with Crippen molar-refractivity contribution < 1.29 is 74.2 Å². The van der Waals surface area contributed by atoms with Gasteiger partial charge in [0.25, 0.3) is 17.1 Å². The number of hydrogen-bond donors (Lipinski definition) is 6. The van der Waals surface area contributed by atoms with E-state index >= 15 is 0 Å². The van der Waals surface area contributed by atoms with Crippen molar-refractivity contribution >= 4 is 46.6 Å². The number of benzene rings is 4. The van der Waals surface area contributed by atoms with Crippen LogP contribution in [0.5, 0.6) is 17.2 Å². The first kappa shape index (κ1) is 44.1. The minimum absolute atomic E-state index is 0.113. The molecule has 332 valence electrons. The van der Waals surface area contributed by atoms with Crippen LogP contribution in [-0.2, 0) is 14.9 Å². The van der Waals surface area contributed by atoms with Crippen molar-refractivity contribution in [2.45, 2.75) is 42.9 Å². The number of phenols is 2. The van der Waals surface area contributed by atoms with Gasteiger partial charge in [-0.1, -0.05) is 36.1 Å². The second-order valence-corrected chi connectivity index (χ2v) is 15.7. The summed E-state index contributed by atoms with van der Waals surface area (Å²) >= 11 is 0. The maximum Gasteiger partial charge on any atom is 0.339 e. The molecule has 1 spiro atoms. The number of para-hydroxylation sites is 1. The number of nitro groups is 3. The molecule has 1 amide bonds. The summed E-state index contributed by atoms with van der Waals surface area (Å²) in [6.07, 6.45) is 5.54. The van der Waals surface area contributed by atoms with Crippen LogP contribution in [0.3, 0.4) is 0 Å². The summed E-state index contributed by atoms with van der Waals surface area (Å²) in [6, 6.07) is 18.0. The summed E-state index contributed by atoms with van der Waals surface area (Å²) < 4.78 is 6.26. The highest BCUT2D eigenvalue weighted by atomic mass is 16.6. The number of carbonyl (C=O) groups excluding carboxylic acids is 1. The van der Waals surface area contributed by atoms with Gasteiger partial charge in [0.05, 0.1) is 64.0 Å². The van der Waals surface area contributed by atoms with Crippen LogP contribution in [-0.4, -0.2) is 102 Å². The zero-order valence-corrected chi connectivity index (χ0v) is 33.1. The fourth-order valence-corrected chi connectivity index (χ4v) is 10.1. The number of non-ortho nitro benzene ring substituents is 3. The van der Waals surface area contributed by atoms with Crippen LogP contribution in [0.2, 0.25) is 0 Å². The number of carbonyl (C=O) groups is 4. The predicted octanol–water partition coefficient (Wildman–Crippen LogP) is 3.04. The Hall–Kier alpha value is -7.98. The monoisotopic (exact) mass is 883 g/mol. The smallest absolute Gasteiger partial charge is 0.339 e. The number of quaternary nitrogens is 1. The fraction of sp³-hybridized carbons (Fsp3) is 0.286. The molecule has 7 atom stereocenters. The molecule has 4 fully saturated rings. The van der Waals surface area contributed by atoms with Gasteiger partial charge in [-0.25, -0.2) is 14.4 Å². The first-order valence-electron chi connectivity index (χ1n) is 19.5. The molecule has 1 unspecified atom stereocenters. The van der Waals surface area contributed by atoms with Gasteiger partial charge in [-0.15, -0.1) is 0 Å². The van der Waals surface area contributed by atoms with Crippen molar-refractivity contribution in [1.29, 1.82) is 0 Å². The number of nitro benzene ring substituents is 3. The lowest BCUT2D eigenvalue weighted by molar-refractivity contribution is -0.916. The van der Waals surface area contributed by atoms with E-state index in [1.165, 1.54) is 37.2 Å². The molecule has 6 aliphatic rings. The summed E-state index contributed by atoms with van der Waals surface area (Å²) in [6.45, 7) is 3.15. The maximum atomic E-state index is 13.2. The number of piperidine rings is 2. The topological polar surface area (TPSA) is 339 Å². The van der Waals surface area contributed by atoms with Gasteiger partial charge in [-0.2, -0.15) is 0 Å². The first-order chi connectivity index (χ1) is 30.3. The van der Waals surface area contributed by atoms with E-state index in [1.54, 1.807) is 10.5 Å². The quantitative estimate of drug-likeness (QED) is 0.0920. The molecule has 10 rings (SSSR count). The van der Waals surface area contributed by atoms with Crippen molar-refractivity contribution in [1.82, 2.24) is 0 Å². The standard InChI is InChI=1S/C21H22N2O2.3C7H5NO5/c24-18-10-16-19-13-9-17-21(6-7-22(17)11-12(13)5-8-25-16)14-3-1-2-4-15(14)23(18)20(19)21;3*9-6-2-1-4(8(12)13)3-5(6)7(10)11/h1-5,13,16-17,19-20H,6-11H2;3*1-3,9H,(H,10,11)/t13-,16-,17-,19-,20-,21+;;;/m0.../s1. The van der Waals surface area contributed by atoms with Gasteiger partial charge in [0, 0.05) is 60.8 Å². The highest BCUT2D eigenvalue weighted by molar-refractivity contribution is 5.99. The largest absolute Gasteiger partial charge is 0.872 e. The molecule has 2 bridgehead atoms. The number of ether oxygens (including phenoxy) is 1. The summed E-state index contributed by atoms with van der Waals surface area (Å²) in [7, 11) is 0. The Bertz CT molecular complexity index is 2500. The molecule has 4 aromatic carbocycles. The number of hydrogen-bond acceptors (Lipinski definition) is 14. The molecular formula is C42H37N5O17. The summed E-state index contributed by atoms with van der Waals surface area (Å²) in [5.41, 5.74) is 1.78. The number of aromatic carboxylic acids is 3. The maximum absolute atomic E-state index is 13.2. The van der Waals surface area contributed by atoms with E-state index < -0.39 is 72.3 Å². The van der Waals surface area contributed by atoms with Crippen LogP contribution in [0.1, 0.15) is 55.9 Å². The number of fused-ring (bicyclic) bond motifs is 2. The number of nitrogens with one attached hydrogen (secondary N) is 1. The zero-order valence-electron chi connectivity index (χ0n) is 33.1. The summed E-state index contributed by atoms with van der Waals surface area (Å²) in [4.78, 5) is 76.8. The van der Waals surface area contributed by atoms with Gasteiger partial charge < -0.3 is 45.2 Å². The number of carboxylic acids is 3. The van der Waals surface area contributed by atoms with Crippen molar-refractivity contribution in [3.63, 3.8) is 0 Å². The molecule has 0 aromatic heterocycles. The molecule has 4 aromatic rings. The van der Waals surface area contributed by atoms with E-state index in [-0.39, 0.29) is 28.8 Å². The highest BCUT2D eigenvalue weighted by Gasteiger charge is 2.73. The SMILES string of the molecule is O=C(O)c1cc([N+](=O)[O-])ccc1O.O=C(O)c1cc([N+](=O)[O-])ccc1O.O=C(O)c1cc([N+](=O)[O-])ccc1[O-].O=C1C[C@@H]2OCC=C3C[NH+]4CC[C@]56c7ccccc7N1[C@H]5[C@H]2[C@H]3C[C@H]46. The molecule has 1 aliphatic carbocycles. The average Bonchev–Trinajstić information content (AvgIpc) is 3.73. The second kappa shape index (κ2) is 17.1. The van der Waals surface area contributed by atoms with Gasteiger partial charge >= 0.3 is 17.9 Å². The van der Waals surface area contributed by atoms with Crippen LogP contribution in [0, 0.1) is 42.2 Å². The van der Waals surface area contributed by atoms with Crippen LogP contribution < -0.4 is 14.9 Å². The van der Waals surface area contributed by atoms with Gasteiger partial charge in [0.2, 0.25) is 5.91 Å². The second-order valence-electron chi connectivity index (χ2n) is 15.7. The molecule has 6 N–H and O–H groups in total. The molecule has 5 heterocycles. The Morgan fingerprint density at radius 2 is 1.30 bits per heavy atom. The third-order valence-electron chi connectivity index (χ3n) is 12.6. The average molecular weight is 884 g/mol. The molecule has 3 saturated heterocycles. The van der Waals surface area contributed by atoms with Crippen LogP contribution in [0.15, 0.2) is 90.5 Å². The summed E-state index contributed by atoms with van der Waals surface area (Å²) in [5.74, 6) is -4.59. The van der Waals surface area contributed by atoms with E-state index in [0.29, 0.717) is 36.9 Å². The zero-order chi connectivity index (χ0) is 46.4. The number of rotatable bonds is 6. The molecule has 22 heteroatoms. The molecule has 0 radical (unpaired) electrons. The minimum Gasteiger partial charge on any atom is -0.872 e. The molecule has 1 saturated carbocycles.